The van der Waals surface area contributed by atoms with E-state index in [1.54, 1.807) is 23.8 Å². The average molecular weight is 266 g/mol. The number of nitrogens with two attached hydrogens (primary N) is 1. The van der Waals surface area contributed by atoms with E-state index in [1.165, 1.54) is 0 Å². The maximum Gasteiger partial charge on any atom is 0.272 e. The van der Waals surface area contributed by atoms with Crippen molar-refractivity contribution in [3.05, 3.63) is 34.4 Å². The van der Waals surface area contributed by atoms with Crippen LogP contribution in [0.2, 0.25) is 0 Å². The van der Waals surface area contributed by atoms with E-state index in [1.807, 2.05) is 0 Å². The molecule has 4 atom stereocenters. The summed E-state index contributed by atoms with van der Waals surface area (Å²) in [6.07, 6.45) is 1.25. The molecule has 1 saturated heterocycles. The number of aromatic nitrogens is 2. The van der Waals surface area contributed by atoms with Gasteiger partial charge in [-0.05, 0) is 6.07 Å². The van der Waals surface area contributed by atoms with E-state index in [0.717, 1.165) is 10.9 Å². The number of quaternary nitrogens is 1. The van der Waals surface area contributed by atoms with Gasteiger partial charge in [-0.15, -0.1) is 0 Å². The summed E-state index contributed by atoms with van der Waals surface area (Å²) in [6.45, 7) is -0.211. The van der Waals surface area contributed by atoms with E-state index < -0.39 is 24.3 Å². The van der Waals surface area contributed by atoms with Crippen molar-refractivity contribution in [1.29, 1.82) is 0 Å². The van der Waals surface area contributed by atoms with Crippen molar-refractivity contribution in [1.82, 2.24) is 9.97 Å². The van der Waals surface area contributed by atoms with Gasteiger partial charge >= 0.3 is 0 Å². The molecule has 7 heteroatoms. The van der Waals surface area contributed by atoms with Crippen LogP contribution in [0.25, 0.3) is 10.9 Å². The molecule has 3 heterocycles. The molecule has 102 valence electrons. The van der Waals surface area contributed by atoms with Crippen LogP contribution in [-0.4, -0.2) is 50.1 Å². The Morgan fingerprint density at radius 1 is 1.26 bits per heavy atom. The third-order valence-corrected chi connectivity index (χ3v) is 3.82. The van der Waals surface area contributed by atoms with Gasteiger partial charge in [0.1, 0.15) is 29.8 Å². The molecule has 7 nitrogen and oxygen atoms in total. The van der Waals surface area contributed by atoms with E-state index in [9.17, 15) is 15.0 Å². The van der Waals surface area contributed by atoms with Crippen molar-refractivity contribution < 1.29 is 20.6 Å². The number of aromatic amines is 2. The number of rotatable bonds is 2. The Morgan fingerprint density at radius 2 is 2.05 bits per heavy atom. The van der Waals surface area contributed by atoms with Crippen LogP contribution in [0.1, 0.15) is 11.6 Å². The van der Waals surface area contributed by atoms with Gasteiger partial charge in [0, 0.05) is 23.3 Å². The molecule has 19 heavy (non-hydrogen) atoms. The highest BCUT2D eigenvalue weighted by atomic mass is 16.3. The smallest absolute Gasteiger partial charge is 0.272 e. The highest BCUT2D eigenvalue weighted by molar-refractivity contribution is 5.82. The molecule has 0 spiro atoms. The van der Waals surface area contributed by atoms with E-state index in [0.29, 0.717) is 5.52 Å². The third-order valence-electron chi connectivity index (χ3n) is 3.82. The Hall–Kier alpha value is -1.67. The fourth-order valence-electron chi connectivity index (χ4n) is 2.78. The number of nitrogens with one attached hydrogen (secondary N) is 2. The van der Waals surface area contributed by atoms with Crippen molar-refractivity contribution in [3.8, 4) is 0 Å². The highest BCUT2D eigenvalue weighted by Crippen LogP contribution is 2.26. The van der Waals surface area contributed by atoms with Crippen molar-refractivity contribution >= 4 is 10.9 Å². The number of hydrogen-bond donors (Lipinski definition) is 6. The Bertz CT molecular complexity index is 650. The number of fused-ring (bicyclic) bond motifs is 1. The largest absolute Gasteiger partial charge is 0.390 e. The van der Waals surface area contributed by atoms with Crippen LogP contribution < -0.4 is 10.9 Å². The summed E-state index contributed by atoms with van der Waals surface area (Å²) < 4.78 is 0. The van der Waals surface area contributed by atoms with E-state index in [2.05, 4.69) is 9.97 Å². The maximum absolute atomic E-state index is 11.6. The second kappa shape index (κ2) is 4.46. The van der Waals surface area contributed by atoms with Gasteiger partial charge in [0.2, 0.25) is 0 Å². The molecule has 1 aliphatic heterocycles. The standard InChI is InChI=1S/C12H15N3O4/c16-4-7-10(17)11(18)8(15-7)6-3-14-9-5(6)1-2-13-12(9)19/h1-3,7-8,10-11,14-18H,4H2,(H,13,19)/p+1. The van der Waals surface area contributed by atoms with Crippen LogP contribution in [0, 0.1) is 0 Å². The van der Waals surface area contributed by atoms with Gasteiger partial charge in [-0.2, -0.15) is 0 Å². The fraction of sp³-hybridized carbons (Fsp3) is 0.417. The lowest BCUT2D eigenvalue weighted by molar-refractivity contribution is -0.713. The Kier molecular flexibility index (Phi) is 2.90. The summed E-state index contributed by atoms with van der Waals surface area (Å²) in [7, 11) is 0. The topological polar surface area (TPSA) is 126 Å². The zero-order valence-electron chi connectivity index (χ0n) is 10.1. The predicted molar refractivity (Wildman–Crippen MR) is 66.5 cm³/mol. The highest BCUT2D eigenvalue weighted by Gasteiger charge is 2.46. The van der Waals surface area contributed by atoms with Crippen LogP contribution in [-0.2, 0) is 0 Å². The summed E-state index contributed by atoms with van der Waals surface area (Å²) in [6, 6.07) is 0.900. The average Bonchev–Trinajstić information content (AvgIpc) is 2.94. The second-order valence-electron chi connectivity index (χ2n) is 4.89. The molecule has 1 fully saturated rings. The summed E-state index contributed by atoms with van der Waals surface area (Å²) in [5, 5.41) is 31.5. The van der Waals surface area contributed by atoms with Crippen LogP contribution in [0.4, 0.5) is 0 Å². The molecule has 2 aromatic rings. The SMILES string of the molecule is O=c1[nH]ccc2c(C3[NH2+]C(CO)C(O)C3O)c[nH]c12. The molecule has 0 radical (unpaired) electrons. The lowest BCUT2D eigenvalue weighted by Crippen LogP contribution is -2.89. The molecule has 0 amide bonds. The number of aliphatic hydroxyl groups is 3. The molecule has 1 aliphatic rings. The van der Waals surface area contributed by atoms with Gasteiger partial charge < -0.3 is 30.6 Å². The van der Waals surface area contributed by atoms with E-state index >= 15 is 0 Å². The Balaban J connectivity index is 2.06. The van der Waals surface area contributed by atoms with Crippen molar-refractivity contribution in [2.45, 2.75) is 24.3 Å². The normalized spacial score (nSPS) is 31.1. The predicted octanol–water partition coefficient (Wildman–Crippen LogP) is -2.44. The minimum atomic E-state index is -0.984. The molecule has 0 aliphatic carbocycles. The Labute approximate surface area is 107 Å². The van der Waals surface area contributed by atoms with E-state index in [4.69, 9.17) is 5.11 Å². The number of pyridine rings is 1. The van der Waals surface area contributed by atoms with Crippen molar-refractivity contribution in [2.24, 2.45) is 0 Å². The molecular weight excluding hydrogens is 250 g/mol. The van der Waals surface area contributed by atoms with Gasteiger partial charge in [-0.1, -0.05) is 0 Å². The minimum absolute atomic E-state index is 0.211. The Morgan fingerprint density at radius 3 is 2.74 bits per heavy atom. The first-order valence-corrected chi connectivity index (χ1v) is 6.14. The lowest BCUT2D eigenvalue weighted by atomic mass is 10.0. The molecular formula is C12H16N3O4+. The monoisotopic (exact) mass is 266 g/mol. The molecule has 0 aromatic carbocycles. The first kappa shape index (κ1) is 12.4. The summed E-state index contributed by atoms with van der Waals surface area (Å²) in [5.74, 6) is 0. The molecule has 0 bridgehead atoms. The van der Waals surface area contributed by atoms with E-state index in [-0.39, 0.29) is 12.2 Å². The molecule has 0 saturated carbocycles. The quantitative estimate of drug-likeness (QED) is 0.361. The fourth-order valence-corrected chi connectivity index (χ4v) is 2.78. The first-order chi connectivity index (χ1) is 9.13. The summed E-state index contributed by atoms with van der Waals surface area (Å²) in [4.78, 5) is 17.1. The molecule has 7 N–H and O–H groups in total. The van der Waals surface area contributed by atoms with Crippen LogP contribution in [0.5, 0.6) is 0 Å². The van der Waals surface area contributed by atoms with Crippen LogP contribution in [0.15, 0.2) is 23.3 Å². The van der Waals surface area contributed by atoms with Crippen molar-refractivity contribution in [3.63, 3.8) is 0 Å². The van der Waals surface area contributed by atoms with Crippen LogP contribution >= 0.6 is 0 Å². The van der Waals surface area contributed by atoms with Crippen LogP contribution in [0.3, 0.4) is 0 Å². The molecule has 4 unspecified atom stereocenters. The molecule has 3 rings (SSSR count). The minimum Gasteiger partial charge on any atom is -0.390 e. The summed E-state index contributed by atoms with van der Waals surface area (Å²) >= 11 is 0. The number of H-pyrrole nitrogens is 2. The van der Waals surface area contributed by atoms with Gasteiger partial charge in [-0.3, -0.25) is 4.79 Å². The summed E-state index contributed by atoms with van der Waals surface area (Å²) in [5.41, 5.74) is 0.971. The maximum atomic E-state index is 11.6. The van der Waals surface area contributed by atoms with Gasteiger partial charge in [-0.25, -0.2) is 0 Å². The number of hydrogen-bond acceptors (Lipinski definition) is 4. The number of aliphatic hydroxyl groups excluding tert-OH is 3. The zero-order valence-corrected chi connectivity index (χ0v) is 10.1. The van der Waals surface area contributed by atoms with Gasteiger partial charge in [0.05, 0.1) is 6.61 Å². The van der Waals surface area contributed by atoms with Crippen molar-refractivity contribution in [2.75, 3.05) is 6.61 Å². The van der Waals surface area contributed by atoms with Gasteiger partial charge in [0.15, 0.2) is 0 Å². The second-order valence-corrected chi connectivity index (χ2v) is 4.89. The van der Waals surface area contributed by atoms with Gasteiger partial charge in [0.25, 0.3) is 5.56 Å². The zero-order chi connectivity index (χ0) is 13.6. The lowest BCUT2D eigenvalue weighted by Gasteiger charge is -2.11. The first-order valence-electron chi connectivity index (χ1n) is 6.14. The third kappa shape index (κ3) is 1.79. The molecule has 2 aromatic heterocycles.